The van der Waals surface area contributed by atoms with Crippen LogP contribution in [0.1, 0.15) is 28.9 Å². The molecule has 2 rings (SSSR count). The number of nitrogens with one attached hydrogen (secondary N) is 2. The van der Waals surface area contributed by atoms with E-state index in [0.717, 1.165) is 6.07 Å². The number of carbonyl (C=O) groups excluding carboxylic acids is 1. The first-order chi connectivity index (χ1) is 11.8. The molecule has 0 saturated heterocycles. The van der Waals surface area contributed by atoms with Crippen molar-refractivity contribution in [1.29, 1.82) is 0 Å². The summed E-state index contributed by atoms with van der Waals surface area (Å²) in [5.74, 6) is -0.856. The predicted molar refractivity (Wildman–Crippen MR) is 90.9 cm³/mol. The highest BCUT2D eigenvalue weighted by Crippen LogP contribution is 2.28. The zero-order chi connectivity index (χ0) is 18.6. The number of aliphatic hydroxyl groups is 1. The molecule has 0 aliphatic heterocycles. The molecule has 1 amide bonds. The van der Waals surface area contributed by atoms with Gasteiger partial charge in [0.25, 0.3) is 11.6 Å². The summed E-state index contributed by atoms with van der Waals surface area (Å²) >= 11 is 0. The van der Waals surface area contributed by atoms with Crippen LogP contribution in [0.25, 0.3) is 0 Å². The number of nitro groups is 1. The second kappa shape index (κ2) is 7.71. The number of benzene rings is 2. The molecule has 2 atom stereocenters. The molecule has 0 aliphatic carbocycles. The Balaban J connectivity index is 2.24. The monoisotopic (exact) mass is 347 g/mol. The Morgan fingerprint density at radius 3 is 2.44 bits per heavy atom. The number of hydrogen-bond acceptors (Lipinski definition) is 5. The first-order valence-electron chi connectivity index (χ1n) is 7.54. The summed E-state index contributed by atoms with van der Waals surface area (Å²) in [4.78, 5) is 22.3. The van der Waals surface area contributed by atoms with E-state index in [1.54, 1.807) is 6.92 Å². The smallest absolute Gasteiger partial charge is 0.293 e. The van der Waals surface area contributed by atoms with Crippen LogP contribution in [0.3, 0.4) is 0 Å². The van der Waals surface area contributed by atoms with Crippen LogP contribution in [0, 0.1) is 15.9 Å². The van der Waals surface area contributed by atoms with E-state index < -0.39 is 28.8 Å². The van der Waals surface area contributed by atoms with Crippen molar-refractivity contribution >= 4 is 17.3 Å². The van der Waals surface area contributed by atoms with Gasteiger partial charge in [0.05, 0.1) is 17.1 Å². The standard InChI is InChI=1S/C17H18FN3O4/c1-10(16(22)11-3-6-13(18)7-4-11)20-14-8-5-12(17(23)19-2)9-15(14)21(24)25/h3-10,16,20,22H,1-2H3,(H,19,23)/t10-,16+/m1/s1. The average molecular weight is 347 g/mol. The maximum absolute atomic E-state index is 13.0. The summed E-state index contributed by atoms with van der Waals surface area (Å²) in [6.45, 7) is 1.64. The summed E-state index contributed by atoms with van der Waals surface area (Å²) in [6.07, 6.45) is -1.00. The molecule has 0 unspecified atom stereocenters. The molecule has 0 heterocycles. The number of carbonyl (C=O) groups is 1. The van der Waals surface area contributed by atoms with Crippen molar-refractivity contribution in [3.63, 3.8) is 0 Å². The van der Waals surface area contributed by atoms with Crippen LogP contribution in [0.4, 0.5) is 15.8 Å². The lowest BCUT2D eigenvalue weighted by Gasteiger charge is -2.21. The average Bonchev–Trinajstić information content (AvgIpc) is 2.61. The Hall–Kier alpha value is -3.00. The van der Waals surface area contributed by atoms with Gasteiger partial charge < -0.3 is 15.7 Å². The first kappa shape index (κ1) is 18.3. The number of nitro benzene ring substituents is 1. The molecule has 3 N–H and O–H groups in total. The Morgan fingerprint density at radius 1 is 1.24 bits per heavy atom. The summed E-state index contributed by atoms with van der Waals surface area (Å²) in [5, 5.41) is 26.9. The van der Waals surface area contributed by atoms with Gasteiger partial charge in [-0.1, -0.05) is 12.1 Å². The molecular formula is C17H18FN3O4. The third-order valence-corrected chi connectivity index (χ3v) is 3.75. The van der Waals surface area contributed by atoms with E-state index in [9.17, 15) is 24.4 Å². The highest BCUT2D eigenvalue weighted by atomic mass is 19.1. The first-order valence-corrected chi connectivity index (χ1v) is 7.54. The molecule has 0 spiro atoms. The molecule has 2 aromatic carbocycles. The largest absolute Gasteiger partial charge is 0.386 e. The molecule has 8 heteroatoms. The molecule has 0 aliphatic rings. The van der Waals surface area contributed by atoms with Crippen LogP contribution in [-0.4, -0.2) is 29.0 Å². The molecule has 0 fully saturated rings. The van der Waals surface area contributed by atoms with Gasteiger partial charge in [-0.25, -0.2) is 4.39 Å². The summed E-state index contributed by atoms with van der Waals surface area (Å²) in [6, 6.07) is 8.79. The van der Waals surface area contributed by atoms with E-state index >= 15 is 0 Å². The van der Waals surface area contributed by atoms with Gasteiger partial charge in [-0.3, -0.25) is 14.9 Å². The molecule has 0 bridgehead atoms. The van der Waals surface area contributed by atoms with Crippen molar-refractivity contribution in [3.05, 3.63) is 69.5 Å². The van der Waals surface area contributed by atoms with E-state index in [4.69, 9.17) is 0 Å². The van der Waals surface area contributed by atoms with Crippen LogP contribution >= 0.6 is 0 Å². The molecule has 0 radical (unpaired) electrons. The van der Waals surface area contributed by atoms with Gasteiger partial charge in [-0.05, 0) is 36.8 Å². The zero-order valence-corrected chi connectivity index (χ0v) is 13.7. The van der Waals surface area contributed by atoms with Crippen LogP contribution in [0.5, 0.6) is 0 Å². The molecule has 7 nitrogen and oxygen atoms in total. The molecule has 25 heavy (non-hydrogen) atoms. The molecule has 2 aromatic rings. The number of amides is 1. The predicted octanol–water partition coefficient (Wildman–Crippen LogP) is 2.63. The maximum atomic E-state index is 13.0. The third-order valence-electron chi connectivity index (χ3n) is 3.75. The van der Waals surface area contributed by atoms with Crippen molar-refractivity contribution < 1.29 is 19.2 Å². The maximum Gasteiger partial charge on any atom is 0.293 e. The van der Waals surface area contributed by atoms with Gasteiger partial charge in [-0.15, -0.1) is 0 Å². The lowest BCUT2D eigenvalue weighted by Crippen LogP contribution is -2.25. The zero-order valence-electron chi connectivity index (χ0n) is 13.7. The second-order valence-corrected chi connectivity index (χ2v) is 5.50. The van der Waals surface area contributed by atoms with Gasteiger partial charge in [-0.2, -0.15) is 0 Å². The fourth-order valence-corrected chi connectivity index (χ4v) is 2.36. The van der Waals surface area contributed by atoms with Crippen molar-refractivity contribution in [2.45, 2.75) is 19.1 Å². The molecular weight excluding hydrogens is 329 g/mol. The summed E-state index contributed by atoms with van der Waals surface area (Å²) < 4.78 is 13.0. The third kappa shape index (κ3) is 4.30. The Kier molecular flexibility index (Phi) is 5.66. The molecule has 0 aromatic heterocycles. The lowest BCUT2D eigenvalue weighted by atomic mass is 10.0. The quantitative estimate of drug-likeness (QED) is 0.550. The Labute approximate surface area is 143 Å². The minimum absolute atomic E-state index is 0.159. The fraction of sp³-hybridized carbons (Fsp3) is 0.235. The summed E-state index contributed by atoms with van der Waals surface area (Å²) in [7, 11) is 1.43. The van der Waals surface area contributed by atoms with E-state index in [-0.39, 0.29) is 16.9 Å². The van der Waals surface area contributed by atoms with Crippen LogP contribution < -0.4 is 10.6 Å². The minimum Gasteiger partial charge on any atom is -0.386 e. The fourth-order valence-electron chi connectivity index (χ4n) is 2.36. The number of halogens is 1. The topological polar surface area (TPSA) is 104 Å². The molecule has 132 valence electrons. The van der Waals surface area contributed by atoms with E-state index in [1.807, 2.05) is 0 Å². The summed E-state index contributed by atoms with van der Waals surface area (Å²) in [5.41, 5.74) is 0.531. The number of anilines is 1. The number of rotatable bonds is 6. The van der Waals surface area contributed by atoms with E-state index in [1.165, 1.54) is 43.4 Å². The highest BCUT2D eigenvalue weighted by molar-refractivity contribution is 5.95. The van der Waals surface area contributed by atoms with Gasteiger partial charge in [0.1, 0.15) is 11.5 Å². The second-order valence-electron chi connectivity index (χ2n) is 5.50. The van der Waals surface area contributed by atoms with Crippen molar-refractivity contribution in [1.82, 2.24) is 5.32 Å². The van der Waals surface area contributed by atoms with Crippen molar-refractivity contribution in [2.75, 3.05) is 12.4 Å². The number of aliphatic hydroxyl groups excluding tert-OH is 1. The van der Waals surface area contributed by atoms with Crippen molar-refractivity contribution in [3.8, 4) is 0 Å². The van der Waals surface area contributed by atoms with E-state index in [2.05, 4.69) is 10.6 Å². The number of hydrogen-bond donors (Lipinski definition) is 3. The lowest BCUT2D eigenvalue weighted by molar-refractivity contribution is -0.384. The van der Waals surface area contributed by atoms with Crippen LogP contribution in [0.2, 0.25) is 0 Å². The molecule has 0 saturated carbocycles. The van der Waals surface area contributed by atoms with Gasteiger partial charge >= 0.3 is 0 Å². The number of nitrogens with zero attached hydrogens (tertiary/aromatic N) is 1. The van der Waals surface area contributed by atoms with Crippen LogP contribution in [0.15, 0.2) is 42.5 Å². The van der Waals surface area contributed by atoms with Crippen molar-refractivity contribution in [2.24, 2.45) is 0 Å². The van der Waals surface area contributed by atoms with E-state index in [0.29, 0.717) is 5.56 Å². The SMILES string of the molecule is CNC(=O)c1ccc(N[C@H](C)[C@H](O)c2ccc(F)cc2)c([N+](=O)[O-])c1. The van der Waals surface area contributed by atoms with Gasteiger partial charge in [0.15, 0.2) is 0 Å². The Morgan fingerprint density at radius 2 is 1.88 bits per heavy atom. The normalized spacial score (nSPS) is 13.0. The van der Waals surface area contributed by atoms with Gasteiger partial charge in [0.2, 0.25) is 0 Å². The van der Waals surface area contributed by atoms with Gasteiger partial charge in [0, 0.05) is 18.7 Å². The minimum atomic E-state index is -1.00. The Bertz CT molecular complexity index is 780. The van der Waals surface area contributed by atoms with Crippen LogP contribution in [-0.2, 0) is 0 Å². The highest BCUT2D eigenvalue weighted by Gasteiger charge is 2.22.